The molecular formula is C22H15N3O4. The minimum atomic E-state index is -0.751. The molecule has 0 aromatic heterocycles. The third-order valence-electron chi connectivity index (χ3n) is 4.89. The molecule has 0 saturated carbocycles. The summed E-state index contributed by atoms with van der Waals surface area (Å²) in [6, 6.07) is 21.1. The zero-order valence-corrected chi connectivity index (χ0v) is 15.4. The fourth-order valence-corrected chi connectivity index (χ4v) is 3.32. The van der Waals surface area contributed by atoms with Gasteiger partial charge in [-0.3, -0.25) is 10.1 Å². The van der Waals surface area contributed by atoms with E-state index in [2.05, 4.69) is 9.98 Å². The Kier molecular flexibility index (Phi) is 5.56. The van der Waals surface area contributed by atoms with Crippen molar-refractivity contribution in [3.63, 3.8) is 0 Å². The molecular weight excluding hydrogens is 370 g/mol. The highest BCUT2D eigenvalue weighted by Gasteiger charge is 2.33. The molecule has 0 bridgehead atoms. The van der Waals surface area contributed by atoms with Crippen molar-refractivity contribution in [3.05, 3.63) is 99.6 Å². The smallest absolute Gasteiger partial charge is 0.258 e. The summed E-state index contributed by atoms with van der Waals surface area (Å²) in [5.74, 6) is 0. The zero-order chi connectivity index (χ0) is 20.9. The first-order chi connectivity index (χ1) is 14.0. The Hall–Kier alpha value is -4.18. The van der Waals surface area contributed by atoms with Crippen molar-refractivity contribution in [2.75, 3.05) is 0 Å². The van der Waals surface area contributed by atoms with Crippen LogP contribution in [0.15, 0.2) is 82.8 Å². The third-order valence-corrected chi connectivity index (χ3v) is 4.89. The van der Waals surface area contributed by atoms with Crippen molar-refractivity contribution in [2.45, 2.75) is 12.3 Å². The highest BCUT2D eigenvalue weighted by atomic mass is 16.6. The summed E-state index contributed by atoms with van der Waals surface area (Å²) >= 11 is 0. The lowest BCUT2D eigenvalue weighted by Crippen LogP contribution is -2.25. The Morgan fingerprint density at radius 1 is 0.828 bits per heavy atom. The SMILES string of the molecule is CC(c1ccccc1)(c1ccc(N=C=O)cc1)c1ccc(N=C=O)c([N+](=O)[O-])c1. The van der Waals surface area contributed by atoms with Crippen molar-refractivity contribution in [2.24, 2.45) is 9.98 Å². The molecule has 0 amide bonds. The molecule has 0 aliphatic heterocycles. The fourth-order valence-electron chi connectivity index (χ4n) is 3.32. The number of hydrogen-bond donors (Lipinski definition) is 0. The molecule has 3 aromatic rings. The van der Waals surface area contributed by atoms with Gasteiger partial charge in [-0.25, -0.2) is 9.59 Å². The van der Waals surface area contributed by atoms with Crippen LogP contribution in [0.3, 0.4) is 0 Å². The first kappa shape index (κ1) is 19.6. The number of hydrogen-bond acceptors (Lipinski definition) is 6. The van der Waals surface area contributed by atoms with Gasteiger partial charge in [-0.05, 0) is 41.8 Å². The standard InChI is InChI=1S/C22H15N3O4/c1-22(16-5-3-2-4-6-16,17-7-10-19(11-8-17)23-14-26)18-9-12-20(24-15-27)21(13-18)25(28)29/h2-13H,1H3. The van der Waals surface area contributed by atoms with Gasteiger partial charge in [-0.1, -0.05) is 48.5 Å². The van der Waals surface area contributed by atoms with Crippen LogP contribution < -0.4 is 0 Å². The minimum absolute atomic E-state index is 0.0557. The van der Waals surface area contributed by atoms with Gasteiger partial charge in [0.1, 0.15) is 0 Å². The molecule has 0 saturated heterocycles. The van der Waals surface area contributed by atoms with E-state index in [9.17, 15) is 19.7 Å². The molecule has 1 atom stereocenters. The van der Waals surface area contributed by atoms with Gasteiger partial charge in [0.2, 0.25) is 12.2 Å². The molecule has 3 aromatic carbocycles. The Morgan fingerprint density at radius 3 is 2.00 bits per heavy atom. The summed E-state index contributed by atoms with van der Waals surface area (Å²) in [5.41, 5.74) is 1.77. The maximum absolute atomic E-state index is 11.5. The lowest BCUT2D eigenvalue weighted by atomic mass is 9.71. The van der Waals surface area contributed by atoms with Gasteiger partial charge in [0.05, 0.1) is 10.6 Å². The molecule has 0 heterocycles. The molecule has 3 rings (SSSR count). The molecule has 0 radical (unpaired) electrons. The highest BCUT2D eigenvalue weighted by molar-refractivity contribution is 5.65. The van der Waals surface area contributed by atoms with E-state index < -0.39 is 10.3 Å². The van der Waals surface area contributed by atoms with Crippen LogP contribution in [0.2, 0.25) is 0 Å². The van der Waals surface area contributed by atoms with Gasteiger partial charge >= 0.3 is 0 Å². The lowest BCUT2D eigenvalue weighted by Gasteiger charge is -2.32. The molecule has 0 spiro atoms. The van der Waals surface area contributed by atoms with Crippen molar-refractivity contribution in [1.82, 2.24) is 0 Å². The Morgan fingerprint density at radius 2 is 1.41 bits per heavy atom. The average Bonchev–Trinajstić information content (AvgIpc) is 2.75. The largest absolute Gasteiger partial charge is 0.296 e. The summed E-state index contributed by atoms with van der Waals surface area (Å²) in [6.45, 7) is 1.95. The lowest BCUT2D eigenvalue weighted by molar-refractivity contribution is -0.384. The first-order valence-electron chi connectivity index (χ1n) is 8.61. The van der Waals surface area contributed by atoms with Gasteiger partial charge in [0.15, 0.2) is 5.69 Å². The average molecular weight is 385 g/mol. The van der Waals surface area contributed by atoms with Crippen molar-refractivity contribution < 1.29 is 14.5 Å². The van der Waals surface area contributed by atoms with Gasteiger partial charge in [0, 0.05) is 11.5 Å². The molecule has 7 nitrogen and oxygen atoms in total. The van der Waals surface area contributed by atoms with Crippen molar-refractivity contribution in [3.8, 4) is 0 Å². The maximum atomic E-state index is 11.5. The molecule has 0 fully saturated rings. The van der Waals surface area contributed by atoms with Crippen LogP contribution in [0.5, 0.6) is 0 Å². The molecule has 29 heavy (non-hydrogen) atoms. The first-order valence-corrected chi connectivity index (χ1v) is 8.61. The number of benzene rings is 3. The van der Waals surface area contributed by atoms with E-state index in [1.165, 1.54) is 24.3 Å². The minimum Gasteiger partial charge on any atom is -0.258 e. The van der Waals surface area contributed by atoms with E-state index in [1.807, 2.05) is 49.4 Å². The zero-order valence-electron chi connectivity index (χ0n) is 15.4. The summed E-state index contributed by atoms with van der Waals surface area (Å²) in [4.78, 5) is 39.1. The molecule has 0 N–H and O–H groups in total. The predicted molar refractivity (Wildman–Crippen MR) is 107 cm³/mol. The Bertz CT molecular complexity index is 1150. The fraction of sp³-hybridized carbons (Fsp3) is 0.0909. The van der Waals surface area contributed by atoms with E-state index in [0.29, 0.717) is 11.3 Å². The van der Waals surface area contributed by atoms with Crippen LogP contribution in [0.25, 0.3) is 0 Å². The topological polar surface area (TPSA) is 102 Å². The summed E-state index contributed by atoms with van der Waals surface area (Å²) in [6.07, 6.45) is 2.85. The van der Waals surface area contributed by atoms with Crippen LogP contribution in [0, 0.1) is 10.1 Å². The summed E-state index contributed by atoms with van der Waals surface area (Å²) in [5, 5.41) is 11.5. The normalized spacial score (nSPS) is 12.2. The van der Waals surface area contributed by atoms with Crippen molar-refractivity contribution >= 4 is 29.2 Å². The number of nitrogens with zero attached hydrogens (tertiary/aromatic N) is 3. The number of aliphatic imine (C=N–C) groups is 2. The van der Waals surface area contributed by atoms with Crippen LogP contribution in [-0.4, -0.2) is 17.1 Å². The van der Waals surface area contributed by atoms with E-state index >= 15 is 0 Å². The summed E-state index contributed by atoms with van der Waals surface area (Å²) in [7, 11) is 0. The van der Waals surface area contributed by atoms with Crippen LogP contribution in [0.1, 0.15) is 23.6 Å². The molecule has 0 aliphatic rings. The monoisotopic (exact) mass is 385 g/mol. The highest BCUT2D eigenvalue weighted by Crippen LogP contribution is 2.42. The van der Waals surface area contributed by atoms with E-state index in [-0.39, 0.29) is 11.4 Å². The second kappa shape index (κ2) is 8.23. The van der Waals surface area contributed by atoms with Crippen LogP contribution in [-0.2, 0) is 15.0 Å². The quantitative estimate of drug-likeness (QED) is 0.198. The third kappa shape index (κ3) is 3.77. The molecule has 0 aliphatic carbocycles. The number of isocyanates is 2. The molecule has 1 unspecified atom stereocenters. The second-order valence-corrected chi connectivity index (χ2v) is 6.40. The summed E-state index contributed by atoms with van der Waals surface area (Å²) < 4.78 is 0. The van der Waals surface area contributed by atoms with Crippen molar-refractivity contribution in [1.29, 1.82) is 0 Å². The van der Waals surface area contributed by atoms with Gasteiger partial charge < -0.3 is 0 Å². The second-order valence-electron chi connectivity index (χ2n) is 6.40. The predicted octanol–water partition coefficient (Wildman–Crippen LogP) is 4.88. The van der Waals surface area contributed by atoms with Crippen LogP contribution in [0.4, 0.5) is 17.1 Å². The number of rotatable bonds is 6. The Labute approximate surface area is 166 Å². The Balaban J connectivity index is 2.27. The van der Waals surface area contributed by atoms with Gasteiger partial charge in [-0.15, -0.1) is 0 Å². The number of nitro benzene ring substituents is 1. The van der Waals surface area contributed by atoms with E-state index in [1.54, 1.807) is 18.2 Å². The van der Waals surface area contributed by atoms with E-state index in [4.69, 9.17) is 0 Å². The van der Waals surface area contributed by atoms with E-state index in [0.717, 1.165) is 11.1 Å². The maximum Gasteiger partial charge on any atom is 0.296 e. The number of carbonyl (C=O) groups excluding carboxylic acids is 2. The number of nitro groups is 1. The van der Waals surface area contributed by atoms with Gasteiger partial charge in [-0.2, -0.15) is 9.98 Å². The molecule has 142 valence electrons. The molecule has 7 heteroatoms. The van der Waals surface area contributed by atoms with Crippen LogP contribution >= 0.6 is 0 Å². The van der Waals surface area contributed by atoms with Gasteiger partial charge in [0.25, 0.3) is 5.69 Å².